The molecule has 5 nitrogen and oxygen atoms in total. The predicted molar refractivity (Wildman–Crippen MR) is 118 cm³/mol. The molecule has 0 radical (unpaired) electrons. The maximum Gasteiger partial charge on any atom is 0.265 e. The number of hydrogen-bond donors (Lipinski definition) is 1. The molecule has 0 saturated carbocycles. The van der Waals surface area contributed by atoms with Gasteiger partial charge in [0.15, 0.2) is 5.76 Å². The van der Waals surface area contributed by atoms with Gasteiger partial charge in [0.25, 0.3) is 10.0 Å². The number of likely N-dealkylation sites (N-methyl/N-ethyl adjacent to an activating group) is 1. The minimum Gasteiger partial charge on any atom is -0.505 e. The Bertz CT molecular complexity index is 1330. The average Bonchev–Trinajstić information content (AvgIpc) is 2.71. The molecule has 0 bridgehead atoms. The molecule has 0 amide bonds. The highest BCUT2D eigenvalue weighted by Crippen LogP contribution is 2.37. The fraction of sp³-hybridized carbons (Fsp3) is 0.208. The van der Waals surface area contributed by atoms with Crippen LogP contribution in [0, 0.1) is 0 Å². The first kappa shape index (κ1) is 20.2. The zero-order chi connectivity index (χ0) is 21.8. The number of allylic oxidation sites excluding steroid dienone is 1. The van der Waals surface area contributed by atoms with E-state index in [1.54, 1.807) is 24.3 Å². The van der Waals surface area contributed by atoms with Crippen LogP contribution in [-0.4, -0.2) is 30.7 Å². The van der Waals surface area contributed by atoms with Crippen molar-refractivity contribution in [1.29, 1.82) is 0 Å². The third-order valence-corrected chi connectivity index (χ3v) is 7.31. The monoisotopic (exact) mass is 421 g/mol. The molecule has 1 aliphatic rings. The summed E-state index contributed by atoms with van der Waals surface area (Å²) < 4.78 is 27.3. The van der Waals surface area contributed by atoms with Crippen molar-refractivity contribution in [2.24, 2.45) is 0 Å². The first-order valence-electron chi connectivity index (χ1n) is 9.62. The van der Waals surface area contributed by atoms with E-state index >= 15 is 0 Å². The van der Waals surface area contributed by atoms with Crippen molar-refractivity contribution < 1.29 is 18.3 Å². The lowest BCUT2D eigenvalue weighted by Gasteiger charge is -2.30. The van der Waals surface area contributed by atoms with Crippen molar-refractivity contribution in [2.45, 2.75) is 31.1 Å². The number of nitrogens with zero attached hydrogens (tertiary/aromatic N) is 1. The molecule has 1 aliphatic heterocycles. The lowest BCUT2D eigenvalue weighted by molar-refractivity contribution is 0.100. The molecule has 0 saturated heterocycles. The SMILES string of the molecule is CN1C(=C(O)c2ccc3ccccc3c2)C(=O)c2ccc(C(C)(C)C)cc2S1(=O)=O. The Kier molecular flexibility index (Phi) is 4.51. The fourth-order valence-corrected chi connectivity index (χ4v) is 5.08. The summed E-state index contributed by atoms with van der Waals surface area (Å²) in [6.07, 6.45) is 0. The number of benzene rings is 3. The Hall–Kier alpha value is -3.12. The molecule has 1 heterocycles. The molecule has 6 heteroatoms. The highest BCUT2D eigenvalue weighted by atomic mass is 32.2. The first-order valence-corrected chi connectivity index (χ1v) is 11.1. The van der Waals surface area contributed by atoms with Crippen LogP contribution in [-0.2, 0) is 15.4 Å². The molecule has 3 aromatic carbocycles. The topological polar surface area (TPSA) is 74.7 Å². The summed E-state index contributed by atoms with van der Waals surface area (Å²) in [7, 11) is -2.69. The lowest BCUT2D eigenvalue weighted by Crippen LogP contribution is -2.37. The quantitative estimate of drug-likeness (QED) is 0.449. The number of rotatable bonds is 1. The highest BCUT2D eigenvalue weighted by molar-refractivity contribution is 7.89. The zero-order valence-corrected chi connectivity index (χ0v) is 18.1. The third-order valence-electron chi connectivity index (χ3n) is 5.51. The summed E-state index contributed by atoms with van der Waals surface area (Å²) in [5.74, 6) is -0.879. The third kappa shape index (κ3) is 3.08. The van der Waals surface area contributed by atoms with Gasteiger partial charge in [0.2, 0.25) is 5.78 Å². The van der Waals surface area contributed by atoms with Gasteiger partial charge in [-0.05, 0) is 39.9 Å². The Labute approximate surface area is 176 Å². The van der Waals surface area contributed by atoms with Crippen molar-refractivity contribution in [3.63, 3.8) is 0 Å². The van der Waals surface area contributed by atoms with Crippen LogP contribution in [0.25, 0.3) is 16.5 Å². The first-order chi connectivity index (χ1) is 14.0. The van der Waals surface area contributed by atoms with E-state index < -0.39 is 15.8 Å². The van der Waals surface area contributed by atoms with Crippen molar-refractivity contribution >= 4 is 32.3 Å². The zero-order valence-electron chi connectivity index (χ0n) is 17.3. The number of sulfonamides is 1. The van der Waals surface area contributed by atoms with E-state index in [9.17, 15) is 18.3 Å². The molecule has 0 unspecified atom stereocenters. The van der Waals surface area contributed by atoms with E-state index in [0.29, 0.717) is 5.56 Å². The van der Waals surface area contributed by atoms with Crippen molar-refractivity contribution in [3.8, 4) is 0 Å². The van der Waals surface area contributed by atoms with E-state index in [1.807, 2.05) is 51.1 Å². The second kappa shape index (κ2) is 6.71. The average molecular weight is 422 g/mol. The maximum atomic E-state index is 13.2. The summed E-state index contributed by atoms with van der Waals surface area (Å²) in [5.41, 5.74) is 0.756. The largest absolute Gasteiger partial charge is 0.505 e. The van der Waals surface area contributed by atoms with Crippen LogP contribution < -0.4 is 0 Å². The molecule has 0 fully saturated rings. The Morgan fingerprint density at radius 2 is 1.60 bits per heavy atom. The van der Waals surface area contributed by atoms with E-state index in [2.05, 4.69) is 0 Å². The molecule has 3 aromatic rings. The molecule has 0 atom stereocenters. The van der Waals surface area contributed by atoms with Crippen LogP contribution in [0.5, 0.6) is 0 Å². The Morgan fingerprint density at radius 1 is 0.933 bits per heavy atom. The van der Waals surface area contributed by atoms with E-state index in [1.165, 1.54) is 13.1 Å². The highest BCUT2D eigenvalue weighted by Gasteiger charge is 2.40. The molecule has 0 spiro atoms. The standard InChI is InChI=1S/C24H23NO4S/c1-24(2,3)18-11-12-19-20(14-18)30(28,29)25(4)21(23(19)27)22(26)17-10-9-15-7-5-6-8-16(15)13-17/h5-14,26H,1-4H3. The van der Waals surface area contributed by atoms with Crippen LogP contribution >= 0.6 is 0 Å². The number of carbonyl (C=O) groups excluding carboxylic acids is 1. The number of ketones is 1. The van der Waals surface area contributed by atoms with Crippen LogP contribution in [0.15, 0.2) is 71.3 Å². The van der Waals surface area contributed by atoms with Crippen molar-refractivity contribution in [2.75, 3.05) is 7.05 Å². The predicted octanol–water partition coefficient (Wildman–Crippen LogP) is 4.88. The van der Waals surface area contributed by atoms with Gasteiger partial charge in [-0.15, -0.1) is 0 Å². The van der Waals surface area contributed by atoms with Crippen molar-refractivity contribution in [1.82, 2.24) is 4.31 Å². The summed E-state index contributed by atoms with van der Waals surface area (Å²) in [5, 5.41) is 12.8. The maximum absolute atomic E-state index is 13.2. The van der Waals surface area contributed by atoms with E-state index in [-0.39, 0.29) is 27.3 Å². The second-order valence-electron chi connectivity index (χ2n) is 8.52. The summed E-state index contributed by atoms with van der Waals surface area (Å²) in [4.78, 5) is 13.2. The lowest BCUT2D eigenvalue weighted by atomic mass is 9.86. The van der Waals surface area contributed by atoms with Crippen LogP contribution in [0.1, 0.15) is 42.3 Å². The van der Waals surface area contributed by atoms with Gasteiger partial charge >= 0.3 is 0 Å². The minimum atomic E-state index is -3.99. The van der Waals surface area contributed by atoms with Gasteiger partial charge in [-0.25, -0.2) is 8.42 Å². The number of fused-ring (bicyclic) bond motifs is 2. The fourth-order valence-electron chi connectivity index (χ4n) is 3.66. The molecule has 1 N–H and O–H groups in total. The number of hydrogen-bond acceptors (Lipinski definition) is 4. The summed E-state index contributed by atoms with van der Waals surface area (Å²) in [6.45, 7) is 5.94. The van der Waals surface area contributed by atoms with Crippen molar-refractivity contribution in [3.05, 3.63) is 83.1 Å². The molecule has 4 rings (SSSR count). The van der Waals surface area contributed by atoms with E-state index in [4.69, 9.17) is 0 Å². The van der Waals surface area contributed by atoms with Gasteiger partial charge in [-0.3, -0.25) is 9.10 Å². The normalized spacial score (nSPS) is 17.7. The van der Waals surface area contributed by atoms with Gasteiger partial charge in [-0.2, -0.15) is 0 Å². The van der Waals surface area contributed by atoms with Gasteiger partial charge in [0.05, 0.1) is 4.90 Å². The molecular formula is C24H23NO4S. The summed E-state index contributed by atoms with van der Waals surface area (Å²) in [6, 6.07) is 17.7. The molecular weight excluding hydrogens is 398 g/mol. The summed E-state index contributed by atoms with van der Waals surface area (Å²) >= 11 is 0. The van der Waals surface area contributed by atoms with E-state index in [0.717, 1.165) is 20.6 Å². The smallest absolute Gasteiger partial charge is 0.265 e. The van der Waals surface area contributed by atoms with Gasteiger partial charge in [-0.1, -0.05) is 63.2 Å². The van der Waals surface area contributed by atoms with Gasteiger partial charge in [0, 0.05) is 18.2 Å². The van der Waals surface area contributed by atoms with Crippen LogP contribution in [0.2, 0.25) is 0 Å². The van der Waals surface area contributed by atoms with Gasteiger partial charge in [0.1, 0.15) is 5.70 Å². The number of Topliss-reactive ketones (excluding diaryl/α,β-unsaturated/α-hetero) is 1. The Balaban J connectivity index is 1.92. The molecule has 0 aliphatic carbocycles. The Morgan fingerprint density at radius 3 is 2.27 bits per heavy atom. The second-order valence-corrected chi connectivity index (χ2v) is 10.5. The minimum absolute atomic E-state index is 0.0301. The van der Waals surface area contributed by atoms with Crippen LogP contribution in [0.4, 0.5) is 0 Å². The molecule has 0 aromatic heterocycles. The molecule has 30 heavy (non-hydrogen) atoms. The van der Waals surface area contributed by atoms with Gasteiger partial charge < -0.3 is 5.11 Å². The number of aliphatic hydroxyl groups excluding tert-OH is 1. The van der Waals surface area contributed by atoms with Crippen LogP contribution in [0.3, 0.4) is 0 Å². The number of carbonyl (C=O) groups is 1. The number of aliphatic hydroxyl groups is 1. The molecule has 154 valence electrons.